The third-order valence-corrected chi connectivity index (χ3v) is 4.23. The third kappa shape index (κ3) is 4.20. The van der Waals surface area contributed by atoms with E-state index in [4.69, 9.17) is 0 Å². The van der Waals surface area contributed by atoms with Crippen LogP contribution in [0.5, 0.6) is 0 Å². The molecule has 5 nitrogen and oxygen atoms in total. The number of aliphatic hydroxyl groups is 1. The van der Waals surface area contributed by atoms with Crippen molar-refractivity contribution in [2.75, 3.05) is 19.6 Å². The molecule has 2 aliphatic rings. The average molecular weight is 268 g/mol. The Morgan fingerprint density at radius 3 is 2.74 bits per heavy atom. The van der Waals surface area contributed by atoms with Gasteiger partial charge in [-0.25, -0.2) is 0 Å². The number of nitrogens with zero attached hydrogens (tertiary/aromatic N) is 1. The molecule has 19 heavy (non-hydrogen) atoms. The summed E-state index contributed by atoms with van der Waals surface area (Å²) in [4.78, 5) is 24.8. The number of rotatable bonds is 6. The van der Waals surface area contributed by atoms with E-state index in [1.165, 1.54) is 12.8 Å². The molecule has 0 bridgehead atoms. The normalized spacial score (nSPS) is 21.9. The quantitative estimate of drug-likeness (QED) is 0.744. The van der Waals surface area contributed by atoms with Crippen molar-refractivity contribution in [2.45, 2.75) is 51.0 Å². The number of hydrogen-bond acceptors (Lipinski definition) is 3. The van der Waals surface area contributed by atoms with Gasteiger partial charge in [0.1, 0.15) is 0 Å². The molecule has 2 rings (SSSR count). The van der Waals surface area contributed by atoms with E-state index in [0.29, 0.717) is 31.8 Å². The van der Waals surface area contributed by atoms with Crippen molar-refractivity contribution in [3.63, 3.8) is 0 Å². The maximum Gasteiger partial charge on any atom is 0.222 e. The van der Waals surface area contributed by atoms with E-state index in [1.54, 1.807) is 4.90 Å². The second-order valence-corrected chi connectivity index (χ2v) is 5.65. The van der Waals surface area contributed by atoms with Crippen molar-refractivity contribution in [3.05, 3.63) is 0 Å². The molecule has 2 amide bonds. The Hall–Kier alpha value is -1.10. The predicted molar refractivity (Wildman–Crippen MR) is 71.4 cm³/mol. The second-order valence-electron chi connectivity index (χ2n) is 5.65. The predicted octanol–water partition coefficient (Wildman–Crippen LogP) is 0.666. The molecule has 1 aliphatic heterocycles. The standard InChI is InChI=1S/C14H24N2O3/c17-12(11-4-1-2-5-11)10-15-13(18)7-9-16-8-3-6-14(16)19/h11-12,17H,1-10H2,(H,15,18). The van der Waals surface area contributed by atoms with Crippen LogP contribution in [0, 0.1) is 5.92 Å². The summed E-state index contributed by atoms with van der Waals surface area (Å²) in [5.74, 6) is 0.427. The van der Waals surface area contributed by atoms with Gasteiger partial charge in [-0.2, -0.15) is 0 Å². The molecule has 108 valence electrons. The summed E-state index contributed by atoms with van der Waals surface area (Å²) in [6.07, 6.45) is 5.95. The third-order valence-electron chi connectivity index (χ3n) is 4.23. The first-order valence-electron chi connectivity index (χ1n) is 7.39. The van der Waals surface area contributed by atoms with Gasteiger partial charge in [-0.3, -0.25) is 9.59 Å². The number of hydrogen-bond donors (Lipinski definition) is 2. The highest BCUT2D eigenvalue weighted by molar-refractivity contribution is 5.80. The minimum Gasteiger partial charge on any atom is -0.391 e. The maximum absolute atomic E-state index is 11.7. The molecule has 1 saturated carbocycles. The summed E-state index contributed by atoms with van der Waals surface area (Å²) < 4.78 is 0. The lowest BCUT2D eigenvalue weighted by Gasteiger charge is -2.19. The fourth-order valence-electron chi connectivity index (χ4n) is 2.99. The number of nitrogens with one attached hydrogen (secondary N) is 1. The van der Waals surface area contributed by atoms with Gasteiger partial charge in [0.05, 0.1) is 6.10 Å². The SMILES string of the molecule is O=C(CCN1CCCC1=O)NCC(O)C1CCCC1. The van der Waals surface area contributed by atoms with E-state index in [2.05, 4.69) is 5.32 Å². The summed E-state index contributed by atoms with van der Waals surface area (Å²) in [5.41, 5.74) is 0. The topological polar surface area (TPSA) is 69.6 Å². The summed E-state index contributed by atoms with van der Waals surface area (Å²) in [6, 6.07) is 0. The minimum atomic E-state index is -0.417. The first-order chi connectivity index (χ1) is 9.16. The molecule has 1 unspecified atom stereocenters. The van der Waals surface area contributed by atoms with Gasteiger partial charge in [0, 0.05) is 32.5 Å². The Morgan fingerprint density at radius 2 is 2.11 bits per heavy atom. The molecular weight excluding hydrogens is 244 g/mol. The monoisotopic (exact) mass is 268 g/mol. The Balaban J connectivity index is 1.60. The van der Waals surface area contributed by atoms with E-state index < -0.39 is 6.10 Å². The smallest absolute Gasteiger partial charge is 0.222 e. The van der Waals surface area contributed by atoms with E-state index >= 15 is 0 Å². The maximum atomic E-state index is 11.7. The van der Waals surface area contributed by atoms with Gasteiger partial charge in [-0.1, -0.05) is 12.8 Å². The number of carbonyl (C=O) groups is 2. The second kappa shape index (κ2) is 6.89. The van der Waals surface area contributed by atoms with Gasteiger partial charge in [-0.05, 0) is 25.2 Å². The molecule has 1 saturated heterocycles. The molecular formula is C14H24N2O3. The largest absolute Gasteiger partial charge is 0.391 e. The highest BCUT2D eigenvalue weighted by Gasteiger charge is 2.24. The van der Waals surface area contributed by atoms with Crippen molar-refractivity contribution in [2.24, 2.45) is 5.92 Å². The molecule has 1 atom stereocenters. The summed E-state index contributed by atoms with van der Waals surface area (Å²) in [5, 5.41) is 12.7. The number of amides is 2. The van der Waals surface area contributed by atoms with Crippen molar-refractivity contribution in [1.82, 2.24) is 10.2 Å². The van der Waals surface area contributed by atoms with Crippen LogP contribution in [-0.4, -0.2) is 47.6 Å². The number of likely N-dealkylation sites (tertiary alicyclic amines) is 1. The molecule has 0 aromatic rings. The Kier molecular flexibility index (Phi) is 5.19. The fraction of sp³-hybridized carbons (Fsp3) is 0.857. The van der Waals surface area contributed by atoms with Gasteiger partial charge in [0.25, 0.3) is 0 Å². The lowest BCUT2D eigenvalue weighted by molar-refractivity contribution is -0.128. The van der Waals surface area contributed by atoms with Crippen LogP contribution in [0.1, 0.15) is 44.9 Å². The fourth-order valence-corrected chi connectivity index (χ4v) is 2.99. The highest BCUT2D eigenvalue weighted by Crippen LogP contribution is 2.27. The van der Waals surface area contributed by atoms with Crippen LogP contribution in [0.2, 0.25) is 0 Å². The van der Waals surface area contributed by atoms with E-state index in [-0.39, 0.29) is 11.8 Å². The molecule has 1 heterocycles. The molecule has 0 radical (unpaired) electrons. The molecule has 0 aromatic heterocycles. The van der Waals surface area contributed by atoms with Crippen LogP contribution in [0.15, 0.2) is 0 Å². The molecule has 5 heteroatoms. The van der Waals surface area contributed by atoms with Gasteiger partial charge < -0.3 is 15.3 Å². The number of aliphatic hydroxyl groups excluding tert-OH is 1. The number of carbonyl (C=O) groups excluding carboxylic acids is 2. The zero-order chi connectivity index (χ0) is 13.7. The van der Waals surface area contributed by atoms with E-state index in [0.717, 1.165) is 25.8 Å². The highest BCUT2D eigenvalue weighted by atomic mass is 16.3. The summed E-state index contributed by atoms with van der Waals surface area (Å²) in [7, 11) is 0. The van der Waals surface area contributed by atoms with Crippen molar-refractivity contribution in [3.8, 4) is 0 Å². The molecule has 2 N–H and O–H groups in total. The van der Waals surface area contributed by atoms with Crippen molar-refractivity contribution < 1.29 is 14.7 Å². The average Bonchev–Trinajstić information content (AvgIpc) is 3.05. The molecule has 2 fully saturated rings. The van der Waals surface area contributed by atoms with Crippen LogP contribution < -0.4 is 5.32 Å². The summed E-state index contributed by atoms with van der Waals surface area (Å²) in [6.45, 7) is 1.62. The van der Waals surface area contributed by atoms with E-state index in [1.807, 2.05) is 0 Å². The van der Waals surface area contributed by atoms with Crippen LogP contribution in [0.25, 0.3) is 0 Å². The van der Waals surface area contributed by atoms with Crippen molar-refractivity contribution >= 4 is 11.8 Å². The lowest BCUT2D eigenvalue weighted by Crippen LogP contribution is -2.37. The zero-order valence-electron chi connectivity index (χ0n) is 11.4. The molecule has 1 aliphatic carbocycles. The van der Waals surface area contributed by atoms with Crippen molar-refractivity contribution in [1.29, 1.82) is 0 Å². The van der Waals surface area contributed by atoms with Gasteiger partial charge in [-0.15, -0.1) is 0 Å². The van der Waals surface area contributed by atoms with Crippen LogP contribution in [0.3, 0.4) is 0 Å². The van der Waals surface area contributed by atoms with Gasteiger partial charge in [0.15, 0.2) is 0 Å². The van der Waals surface area contributed by atoms with Crippen LogP contribution >= 0.6 is 0 Å². The Labute approximate surface area is 114 Å². The molecule has 0 aromatic carbocycles. The van der Waals surface area contributed by atoms with E-state index in [9.17, 15) is 14.7 Å². The lowest BCUT2D eigenvalue weighted by atomic mass is 10.0. The van der Waals surface area contributed by atoms with Crippen LogP contribution in [-0.2, 0) is 9.59 Å². The zero-order valence-corrected chi connectivity index (χ0v) is 11.4. The summed E-state index contributed by atoms with van der Waals surface area (Å²) >= 11 is 0. The van der Waals surface area contributed by atoms with Crippen LogP contribution in [0.4, 0.5) is 0 Å². The van der Waals surface area contributed by atoms with Gasteiger partial charge >= 0.3 is 0 Å². The Morgan fingerprint density at radius 1 is 1.37 bits per heavy atom. The molecule has 0 spiro atoms. The first kappa shape index (κ1) is 14.3. The van der Waals surface area contributed by atoms with Gasteiger partial charge in [0.2, 0.25) is 11.8 Å². The first-order valence-corrected chi connectivity index (χ1v) is 7.39. The minimum absolute atomic E-state index is 0.0725. The Bertz CT molecular complexity index is 327.